The minimum atomic E-state index is -3.89. The van der Waals surface area contributed by atoms with Crippen LogP contribution in [0.2, 0.25) is 0 Å². The Balaban J connectivity index is 1.36. The van der Waals surface area contributed by atoms with Crippen LogP contribution in [0.25, 0.3) is 10.8 Å². The number of carbonyl (C=O) groups excluding carboxylic acids is 4. The molecule has 2 saturated carbocycles. The Labute approximate surface area is 317 Å². The molecular formula is C39H54N6O8S. The zero-order valence-corrected chi connectivity index (χ0v) is 32.8. The number of hydrogen-bond acceptors (Lipinski definition) is 9. The molecule has 3 heterocycles. The van der Waals surface area contributed by atoms with Crippen molar-refractivity contribution >= 4 is 44.5 Å². The number of ether oxygens (including phenoxy) is 2. The summed E-state index contributed by atoms with van der Waals surface area (Å²) in [6.07, 6.45) is 8.75. The van der Waals surface area contributed by atoms with Crippen LogP contribution in [0.5, 0.6) is 11.6 Å². The SMILES string of the molecule is CC[C@@H]1C[C@@H](C)CCC=C[C@@H]2C[C@@]2(C(=O)NS(=O)(=O)C2CC2)NC(=O)[C@@H]2C[C@@H](Oc3nccc4c(OC)cccc34)CN2C(=O)[C@H]1NC(=O)NC(C)(C)C. The molecule has 54 heavy (non-hydrogen) atoms. The third-order valence-corrected chi connectivity index (χ3v) is 12.8. The van der Waals surface area contributed by atoms with Crippen LogP contribution >= 0.6 is 0 Å². The van der Waals surface area contributed by atoms with Crippen molar-refractivity contribution < 1.29 is 37.1 Å². The standard InChI is InChI=1S/C39H54N6O8S/c1-7-24-19-23(2)11-8-9-12-25-21-39(25,36(48)44-54(50,51)27-15-16-27)42-33(46)30-20-26(22-45(30)35(47)32(24)41-37(49)43-38(3,4)5)53-34-29-13-10-14-31(52-6)28(29)17-18-40-34/h9-10,12-14,17-18,23-27,30,32H,7-8,11,15-16,19-22H2,1-6H3,(H,42,46)(H,44,48)(H2,41,43,49)/t23-,24+,25+,26+,30-,32-,39+/m0/s1. The van der Waals surface area contributed by atoms with Crippen LogP contribution in [0.3, 0.4) is 0 Å². The second kappa shape index (κ2) is 15.4. The lowest BCUT2D eigenvalue weighted by molar-refractivity contribution is -0.142. The molecule has 14 nitrogen and oxygen atoms in total. The topological polar surface area (TPSA) is 185 Å². The van der Waals surface area contributed by atoms with Gasteiger partial charge in [-0.3, -0.25) is 19.1 Å². The van der Waals surface area contributed by atoms with Gasteiger partial charge in [0.1, 0.15) is 29.5 Å². The van der Waals surface area contributed by atoms with Crippen molar-refractivity contribution in [3.8, 4) is 11.6 Å². The van der Waals surface area contributed by atoms with Crippen molar-refractivity contribution in [3.05, 3.63) is 42.6 Å². The number of urea groups is 1. The van der Waals surface area contributed by atoms with Crippen LogP contribution < -0.4 is 30.1 Å². The van der Waals surface area contributed by atoms with E-state index >= 15 is 0 Å². The molecule has 0 unspecified atom stereocenters. The van der Waals surface area contributed by atoms with Crippen LogP contribution in [0, 0.1) is 17.8 Å². The van der Waals surface area contributed by atoms with Crippen molar-refractivity contribution in [3.63, 3.8) is 0 Å². The summed E-state index contributed by atoms with van der Waals surface area (Å²) in [7, 11) is -2.32. The molecule has 0 spiro atoms. The first-order valence-corrected chi connectivity index (χ1v) is 20.6. The first kappa shape index (κ1) is 39.3. The summed E-state index contributed by atoms with van der Waals surface area (Å²) in [5.41, 5.74) is -2.07. The molecule has 5 amide bonds. The van der Waals surface area contributed by atoms with E-state index in [9.17, 15) is 27.6 Å². The largest absolute Gasteiger partial charge is 0.496 e. The second-order valence-corrected chi connectivity index (χ2v) is 18.4. The van der Waals surface area contributed by atoms with E-state index in [-0.39, 0.29) is 31.2 Å². The molecule has 4 N–H and O–H groups in total. The van der Waals surface area contributed by atoms with E-state index in [1.807, 2.05) is 64.1 Å². The molecule has 2 aromatic rings. The first-order valence-electron chi connectivity index (χ1n) is 19.1. The number of nitrogens with zero attached hydrogens (tertiary/aromatic N) is 2. The quantitative estimate of drug-likeness (QED) is 0.289. The third kappa shape index (κ3) is 8.61. The van der Waals surface area contributed by atoms with E-state index in [0.717, 1.165) is 11.8 Å². The average molecular weight is 767 g/mol. The molecule has 1 aromatic heterocycles. The van der Waals surface area contributed by atoms with Crippen LogP contribution in [0.1, 0.15) is 86.0 Å². The van der Waals surface area contributed by atoms with Gasteiger partial charge in [0.15, 0.2) is 0 Å². The maximum atomic E-state index is 14.9. The minimum absolute atomic E-state index is 0.00258. The third-order valence-electron chi connectivity index (χ3n) is 11.0. The van der Waals surface area contributed by atoms with E-state index in [1.165, 1.54) is 4.90 Å². The highest BCUT2D eigenvalue weighted by Gasteiger charge is 2.62. The maximum absolute atomic E-state index is 14.9. The van der Waals surface area contributed by atoms with Crippen LogP contribution in [0.15, 0.2) is 42.6 Å². The lowest BCUT2D eigenvalue weighted by Crippen LogP contribution is -2.60. The van der Waals surface area contributed by atoms with Gasteiger partial charge in [-0.1, -0.05) is 38.5 Å². The number of benzene rings is 1. The average Bonchev–Trinajstić information content (AvgIpc) is 4.04. The van der Waals surface area contributed by atoms with Crippen LogP contribution in [-0.4, -0.2) is 90.2 Å². The molecule has 2 aliphatic heterocycles. The highest BCUT2D eigenvalue weighted by atomic mass is 32.2. The van der Waals surface area contributed by atoms with E-state index in [2.05, 4.69) is 32.6 Å². The summed E-state index contributed by atoms with van der Waals surface area (Å²) in [6, 6.07) is 4.76. The second-order valence-electron chi connectivity index (χ2n) is 16.4. The molecule has 4 aliphatic rings. The molecular weight excluding hydrogens is 713 g/mol. The van der Waals surface area contributed by atoms with Gasteiger partial charge in [-0.2, -0.15) is 0 Å². The Morgan fingerprint density at radius 3 is 2.54 bits per heavy atom. The number of nitrogens with one attached hydrogen (secondary N) is 4. The van der Waals surface area contributed by atoms with Gasteiger partial charge in [0, 0.05) is 34.8 Å². The van der Waals surface area contributed by atoms with Crippen molar-refractivity contribution in [2.45, 2.75) is 121 Å². The van der Waals surface area contributed by atoms with Gasteiger partial charge >= 0.3 is 6.03 Å². The number of sulfonamides is 1. The number of amides is 5. The first-order chi connectivity index (χ1) is 25.5. The number of methoxy groups -OCH3 is 1. The predicted octanol–water partition coefficient (Wildman–Crippen LogP) is 3.94. The van der Waals surface area contributed by atoms with E-state index in [4.69, 9.17) is 9.47 Å². The van der Waals surface area contributed by atoms with Gasteiger partial charge < -0.3 is 30.3 Å². The smallest absolute Gasteiger partial charge is 0.315 e. The lowest BCUT2D eigenvalue weighted by Gasteiger charge is -2.34. The summed E-state index contributed by atoms with van der Waals surface area (Å²) in [5, 5.41) is 9.63. The Morgan fingerprint density at radius 1 is 1.09 bits per heavy atom. The number of carbonyl (C=O) groups is 4. The lowest BCUT2D eigenvalue weighted by atomic mass is 9.85. The van der Waals surface area contributed by atoms with E-state index < -0.39 is 74.2 Å². The van der Waals surface area contributed by atoms with E-state index in [1.54, 1.807) is 13.3 Å². The normalized spacial score (nSPS) is 29.2. The fraction of sp³-hybridized carbons (Fsp3) is 0.615. The maximum Gasteiger partial charge on any atom is 0.315 e. The molecule has 3 fully saturated rings. The van der Waals surface area contributed by atoms with Gasteiger partial charge in [0.05, 0.1) is 18.9 Å². The highest BCUT2D eigenvalue weighted by Crippen LogP contribution is 2.46. The van der Waals surface area contributed by atoms with Gasteiger partial charge in [0.25, 0.3) is 5.91 Å². The highest BCUT2D eigenvalue weighted by molar-refractivity contribution is 7.91. The Bertz CT molecular complexity index is 1910. The molecule has 2 aliphatic carbocycles. The summed E-state index contributed by atoms with van der Waals surface area (Å²) in [5.74, 6) is -1.38. The van der Waals surface area contributed by atoms with E-state index in [0.29, 0.717) is 49.1 Å². The summed E-state index contributed by atoms with van der Waals surface area (Å²) < 4.78 is 40.0. The van der Waals surface area contributed by atoms with Gasteiger partial charge in [0.2, 0.25) is 27.7 Å². The van der Waals surface area contributed by atoms with Crippen molar-refractivity contribution in [2.24, 2.45) is 17.8 Å². The number of aromatic nitrogens is 1. The molecule has 7 atom stereocenters. The van der Waals surface area contributed by atoms with Gasteiger partial charge in [-0.25, -0.2) is 18.2 Å². The molecule has 294 valence electrons. The van der Waals surface area contributed by atoms with Crippen molar-refractivity contribution in [2.75, 3.05) is 13.7 Å². The monoisotopic (exact) mass is 766 g/mol. The molecule has 1 aromatic carbocycles. The van der Waals surface area contributed by atoms with Crippen LogP contribution in [0.4, 0.5) is 4.79 Å². The van der Waals surface area contributed by atoms with Gasteiger partial charge in [-0.05, 0) is 89.3 Å². The molecule has 1 saturated heterocycles. The Morgan fingerprint density at radius 2 is 1.85 bits per heavy atom. The number of fused-ring (bicyclic) bond motifs is 3. The summed E-state index contributed by atoms with van der Waals surface area (Å²) >= 11 is 0. The molecule has 15 heteroatoms. The number of rotatable bonds is 8. The fourth-order valence-electron chi connectivity index (χ4n) is 7.82. The zero-order chi connectivity index (χ0) is 39.0. The predicted molar refractivity (Wildman–Crippen MR) is 203 cm³/mol. The number of pyridine rings is 1. The van der Waals surface area contributed by atoms with Gasteiger partial charge in [-0.15, -0.1) is 0 Å². The summed E-state index contributed by atoms with van der Waals surface area (Å²) in [4.78, 5) is 62.5. The summed E-state index contributed by atoms with van der Waals surface area (Å²) in [6.45, 7) is 9.66. The van der Waals surface area contributed by atoms with Crippen molar-refractivity contribution in [1.82, 2.24) is 30.6 Å². The number of hydrogen-bond donors (Lipinski definition) is 4. The molecule has 0 bridgehead atoms. The van der Waals surface area contributed by atoms with Crippen molar-refractivity contribution in [1.29, 1.82) is 0 Å². The zero-order valence-electron chi connectivity index (χ0n) is 32.0. The van der Waals surface area contributed by atoms with Crippen LogP contribution in [-0.2, 0) is 24.4 Å². The molecule has 6 rings (SSSR count). The Hall–Kier alpha value is -4.40. The Kier molecular flexibility index (Phi) is 11.2. The molecule has 0 radical (unpaired) electrons. The fourth-order valence-corrected chi connectivity index (χ4v) is 9.18. The number of allylic oxidation sites excluding steroid dienone is 1. The minimum Gasteiger partial charge on any atom is -0.496 e.